The van der Waals surface area contributed by atoms with Crippen molar-refractivity contribution in [2.75, 3.05) is 7.11 Å². The van der Waals surface area contributed by atoms with Gasteiger partial charge in [0.05, 0.1) is 11.1 Å². The van der Waals surface area contributed by atoms with E-state index in [1.165, 1.54) is 0 Å². The minimum atomic E-state index is 0.130. The largest absolute Gasteiger partial charge is 0.399 e. The fourth-order valence-corrected chi connectivity index (χ4v) is 1.31. The number of hydrogen-bond acceptors (Lipinski definition) is 2. The van der Waals surface area contributed by atoms with Crippen molar-refractivity contribution in [3.63, 3.8) is 0 Å². The maximum atomic E-state index is 5.85. The smallest absolute Gasteiger partial charge is 0.106 e. The first kappa shape index (κ1) is 6.87. The van der Waals surface area contributed by atoms with Crippen LogP contribution in [0.1, 0.15) is 19.3 Å². The number of hydrogen-bond donors (Lipinski definition) is 0. The van der Waals surface area contributed by atoms with E-state index in [1.54, 1.807) is 7.11 Å². The van der Waals surface area contributed by atoms with E-state index in [0.717, 1.165) is 25.0 Å². The van der Waals surface area contributed by atoms with Crippen molar-refractivity contribution in [3.05, 3.63) is 0 Å². The Bertz CT molecular complexity index is 124. The molecule has 1 aliphatic carbocycles. The van der Waals surface area contributed by atoms with Gasteiger partial charge in [-0.1, -0.05) is 5.16 Å². The lowest BCUT2D eigenvalue weighted by Crippen LogP contribution is -2.04. The Labute approximate surface area is 59.8 Å². The molecule has 3 heteroatoms. The lowest BCUT2D eigenvalue weighted by molar-refractivity contribution is 0.212. The summed E-state index contributed by atoms with van der Waals surface area (Å²) in [5.74, 6) is 0. The SMILES string of the molecule is CO/N=C1/CCCC1Cl. The van der Waals surface area contributed by atoms with Crippen molar-refractivity contribution in [1.82, 2.24) is 0 Å². The van der Waals surface area contributed by atoms with Crippen LogP contribution in [0.15, 0.2) is 5.16 Å². The predicted molar refractivity (Wildman–Crippen MR) is 37.9 cm³/mol. The van der Waals surface area contributed by atoms with Crippen molar-refractivity contribution in [1.29, 1.82) is 0 Å². The zero-order valence-electron chi connectivity index (χ0n) is 5.43. The molecule has 1 aliphatic rings. The molecule has 0 radical (unpaired) electrons. The molecule has 1 fully saturated rings. The van der Waals surface area contributed by atoms with E-state index in [1.807, 2.05) is 0 Å². The Morgan fingerprint density at radius 3 is 3.00 bits per heavy atom. The highest BCUT2D eigenvalue weighted by molar-refractivity contribution is 6.32. The molecule has 1 unspecified atom stereocenters. The van der Waals surface area contributed by atoms with E-state index in [2.05, 4.69) is 9.99 Å². The molecule has 0 saturated heterocycles. The van der Waals surface area contributed by atoms with Gasteiger partial charge in [-0.3, -0.25) is 0 Å². The number of nitrogens with zero attached hydrogens (tertiary/aromatic N) is 1. The van der Waals surface area contributed by atoms with Gasteiger partial charge in [-0.25, -0.2) is 0 Å². The van der Waals surface area contributed by atoms with Crippen LogP contribution in [0.5, 0.6) is 0 Å². The molecule has 0 aromatic rings. The Morgan fingerprint density at radius 1 is 1.78 bits per heavy atom. The highest BCUT2D eigenvalue weighted by Crippen LogP contribution is 2.20. The van der Waals surface area contributed by atoms with Crippen LogP contribution in [-0.2, 0) is 4.84 Å². The molecule has 0 spiro atoms. The zero-order valence-corrected chi connectivity index (χ0v) is 6.19. The highest BCUT2D eigenvalue weighted by Gasteiger charge is 2.19. The van der Waals surface area contributed by atoms with Gasteiger partial charge >= 0.3 is 0 Å². The second-order valence-corrected chi connectivity index (χ2v) is 2.65. The minimum Gasteiger partial charge on any atom is -0.399 e. The van der Waals surface area contributed by atoms with E-state index in [-0.39, 0.29) is 5.38 Å². The molecule has 0 N–H and O–H groups in total. The summed E-state index contributed by atoms with van der Waals surface area (Å²) >= 11 is 5.85. The second-order valence-electron chi connectivity index (χ2n) is 2.12. The molecule has 1 rings (SSSR count). The lowest BCUT2D eigenvalue weighted by atomic mass is 10.3. The van der Waals surface area contributed by atoms with E-state index in [0.29, 0.717) is 0 Å². The second kappa shape index (κ2) is 3.06. The van der Waals surface area contributed by atoms with Gasteiger partial charge in [0.25, 0.3) is 0 Å². The van der Waals surface area contributed by atoms with Gasteiger partial charge in [-0.15, -0.1) is 11.6 Å². The summed E-state index contributed by atoms with van der Waals surface area (Å²) in [4.78, 5) is 4.60. The standard InChI is InChI=1S/C6H10ClNO/c1-9-8-6-4-2-3-5(6)7/h5H,2-4H2,1H3/b8-6-. The van der Waals surface area contributed by atoms with Crippen LogP contribution in [0.25, 0.3) is 0 Å². The van der Waals surface area contributed by atoms with Crippen molar-refractivity contribution >= 4 is 17.3 Å². The van der Waals surface area contributed by atoms with Gasteiger partial charge in [0.2, 0.25) is 0 Å². The van der Waals surface area contributed by atoms with Gasteiger partial charge in [-0.05, 0) is 19.3 Å². The Morgan fingerprint density at radius 2 is 2.56 bits per heavy atom. The summed E-state index contributed by atoms with van der Waals surface area (Å²) in [6, 6.07) is 0. The van der Waals surface area contributed by atoms with Gasteiger partial charge in [0.15, 0.2) is 0 Å². The topological polar surface area (TPSA) is 21.6 Å². The maximum absolute atomic E-state index is 5.85. The molecule has 0 aromatic carbocycles. The summed E-state index contributed by atoms with van der Waals surface area (Å²) in [6.07, 6.45) is 3.20. The van der Waals surface area contributed by atoms with E-state index >= 15 is 0 Å². The first-order valence-corrected chi connectivity index (χ1v) is 3.52. The third-order valence-electron chi connectivity index (χ3n) is 1.46. The van der Waals surface area contributed by atoms with Crippen LogP contribution in [0, 0.1) is 0 Å². The molecule has 0 bridgehead atoms. The molecule has 9 heavy (non-hydrogen) atoms. The van der Waals surface area contributed by atoms with Gasteiger partial charge in [-0.2, -0.15) is 0 Å². The van der Waals surface area contributed by atoms with Crippen molar-refractivity contribution < 1.29 is 4.84 Å². The normalized spacial score (nSPS) is 31.3. The van der Waals surface area contributed by atoms with Crippen LogP contribution in [0.2, 0.25) is 0 Å². The van der Waals surface area contributed by atoms with Crippen molar-refractivity contribution in [2.24, 2.45) is 5.16 Å². The highest BCUT2D eigenvalue weighted by atomic mass is 35.5. The van der Waals surface area contributed by atoms with Gasteiger partial charge in [0.1, 0.15) is 7.11 Å². The first-order chi connectivity index (χ1) is 4.34. The summed E-state index contributed by atoms with van der Waals surface area (Å²) in [6.45, 7) is 0. The number of halogens is 1. The van der Waals surface area contributed by atoms with Gasteiger partial charge in [0, 0.05) is 0 Å². The maximum Gasteiger partial charge on any atom is 0.106 e. The monoisotopic (exact) mass is 147 g/mol. The number of rotatable bonds is 1. The lowest BCUT2D eigenvalue weighted by Gasteiger charge is -1.97. The molecule has 1 saturated carbocycles. The molecular weight excluding hydrogens is 138 g/mol. The van der Waals surface area contributed by atoms with Gasteiger partial charge < -0.3 is 4.84 Å². The Balaban J connectivity index is 2.48. The van der Waals surface area contributed by atoms with E-state index in [4.69, 9.17) is 11.6 Å². The molecule has 1 atom stereocenters. The summed E-state index contributed by atoms with van der Waals surface area (Å²) < 4.78 is 0. The number of alkyl halides is 1. The third kappa shape index (κ3) is 1.58. The third-order valence-corrected chi connectivity index (χ3v) is 1.93. The summed E-state index contributed by atoms with van der Waals surface area (Å²) in [5, 5.41) is 3.92. The molecule has 0 amide bonds. The van der Waals surface area contributed by atoms with E-state index < -0.39 is 0 Å². The minimum absolute atomic E-state index is 0.130. The molecule has 2 nitrogen and oxygen atoms in total. The van der Waals surface area contributed by atoms with E-state index in [9.17, 15) is 0 Å². The van der Waals surface area contributed by atoms with Crippen LogP contribution in [-0.4, -0.2) is 18.2 Å². The predicted octanol–water partition coefficient (Wildman–Crippen LogP) is 1.78. The van der Waals surface area contributed by atoms with Crippen LogP contribution >= 0.6 is 11.6 Å². The average Bonchev–Trinajstić information content (AvgIpc) is 2.18. The zero-order chi connectivity index (χ0) is 6.69. The van der Waals surface area contributed by atoms with Crippen LogP contribution < -0.4 is 0 Å². The van der Waals surface area contributed by atoms with Crippen molar-refractivity contribution in [3.8, 4) is 0 Å². The molecular formula is C6H10ClNO. The van der Waals surface area contributed by atoms with Crippen LogP contribution in [0.3, 0.4) is 0 Å². The molecule has 0 heterocycles. The van der Waals surface area contributed by atoms with Crippen LogP contribution in [0.4, 0.5) is 0 Å². The number of oxime groups is 1. The molecule has 0 aliphatic heterocycles. The fourth-order valence-electron chi connectivity index (χ4n) is 1.01. The summed E-state index contributed by atoms with van der Waals surface area (Å²) in [7, 11) is 1.55. The first-order valence-electron chi connectivity index (χ1n) is 3.08. The fraction of sp³-hybridized carbons (Fsp3) is 0.833. The quantitative estimate of drug-likeness (QED) is 0.409. The Hall–Kier alpha value is -0.240. The van der Waals surface area contributed by atoms with Crippen molar-refractivity contribution in [2.45, 2.75) is 24.6 Å². The molecule has 0 aromatic heterocycles. The summed E-state index contributed by atoms with van der Waals surface area (Å²) in [5.41, 5.74) is 0.999. The average molecular weight is 148 g/mol. The molecule has 52 valence electrons. The Kier molecular flexibility index (Phi) is 2.34.